The van der Waals surface area contributed by atoms with Gasteiger partial charge < -0.3 is 4.98 Å². The molecule has 0 unspecified atom stereocenters. The summed E-state index contributed by atoms with van der Waals surface area (Å²) >= 11 is 0. The number of aromatic nitrogens is 6. The predicted octanol–water partition coefficient (Wildman–Crippen LogP) is 3.76. The third-order valence-corrected chi connectivity index (χ3v) is 4.58. The van der Waals surface area contributed by atoms with Gasteiger partial charge in [-0.25, -0.2) is 15.0 Å². The number of pyridine rings is 2. The molecule has 0 fully saturated rings. The number of hydrogen-bond acceptors (Lipinski definition) is 5. The third kappa shape index (κ3) is 1.65. The lowest BCUT2D eigenvalue weighted by Crippen LogP contribution is -1.93. The van der Waals surface area contributed by atoms with Gasteiger partial charge in [-0.05, 0) is 36.4 Å². The number of benzene rings is 2. The van der Waals surface area contributed by atoms with E-state index in [4.69, 9.17) is 4.98 Å². The Morgan fingerprint density at radius 3 is 2.24 bits per heavy atom. The molecule has 0 atom stereocenters. The van der Waals surface area contributed by atoms with Gasteiger partial charge in [0.15, 0.2) is 0 Å². The summed E-state index contributed by atoms with van der Waals surface area (Å²) in [6.07, 6.45) is 5.15. The normalized spacial score (nSPS) is 12.0. The lowest BCUT2D eigenvalue weighted by atomic mass is 10.1. The molecule has 4 aromatic heterocycles. The molecule has 0 saturated heterocycles. The van der Waals surface area contributed by atoms with Crippen LogP contribution in [0.3, 0.4) is 0 Å². The summed E-state index contributed by atoms with van der Waals surface area (Å²) in [7, 11) is 0. The number of fused-ring (bicyclic) bond motifs is 8. The molecule has 0 bridgehead atoms. The number of rotatable bonds is 0. The average molecular weight is 322 g/mol. The van der Waals surface area contributed by atoms with E-state index in [1.165, 1.54) is 0 Å². The number of H-pyrrole nitrogens is 1. The fourth-order valence-corrected chi connectivity index (χ4v) is 3.46. The van der Waals surface area contributed by atoms with E-state index in [2.05, 4.69) is 24.9 Å². The maximum atomic E-state index is 4.92. The first-order valence-corrected chi connectivity index (χ1v) is 7.94. The Balaban J connectivity index is 1.93. The zero-order chi connectivity index (χ0) is 16.4. The van der Waals surface area contributed by atoms with Gasteiger partial charge in [-0.1, -0.05) is 0 Å². The van der Waals surface area contributed by atoms with Crippen LogP contribution in [-0.2, 0) is 0 Å². The fraction of sp³-hybridized carbons (Fsp3) is 0. The van der Waals surface area contributed by atoms with Crippen LogP contribution in [0.5, 0.6) is 0 Å². The molecule has 6 rings (SSSR count). The fourth-order valence-electron chi connectivity index (χ4n) is 3.46. The first-order chi connectivity index (χ1) is 12.4. The van der Waals surface area contributed by atoms with Crippen molar-refractivity contribution in [1.82, 2.24) is 29.9 Å². The Kier molecular flexibility index (Phi) is 2.26. The summed E-state index contributed by atoms with van der Waals surface area (Å²) in [5, 5.41) is 1.99. The van der Waals surface area contributed by atoms with Crippen LogP contribution in [0.25, 0.3) is 54.9 Å². The van der Waals surface area contributed by atoms with Crippen LogP contribution in [-0.4, -0.2) is 29.9 Å². The van der Waals surface area contributed by atoms with Crippen molar-refractivity contribution in [2.24, 2.45) is 0 Å². The Morgan fingerprint density at radius 2 is 1.40 bits per heavy atom. The lowest BCUT2D eigenvalue weighted by molar-refractivity contribution is 1.34. The highest BCUT2D eigenvalue weighted by Gasteiger charge is 2.13. The van der Waals surface area contributed by atoms with Gasteiger partial charge in [-0.15, -0.1) is 0 Å². The maximum Gasteiger partial charge on any atom is 0.116 e. The molecule has 0 aliphatic heterocycles. The van der Waals surface area contributed by atoms with Crippen LogP contribution in [0.15, 0.2) is 55.1 Å². The molecule has 4 heterocycles. The van der Waals surface area contributed by atoms with Gasteiger partial charge in [0.05, 0.1) is 44.1 Å². The second kappa shape index (κ2) is 4.45. The Hall–Kier alpha value is -3.67. The number of hydrogen-bond donors (Lipinski definition) is 1. The average Bonchev–Trinajstić information content (AvgIpc) is 3.12. The second-order valence-corrected chi connectivity index (χ2v) is 5.99. The van der Waals surface area contributed by atoms with Crippen molar-refractivity contribution in [3.8, 4) is 0 Å². The maximum absolute atomic E-state index is 4.92. The van der Waals surface area contributed by atoms with Gasteiger partial charge in [0, 0.05) is 23.2 Å². The minimum Gasteiger partial charge on any atom is -0.351 e. The quantitative estimate of drug-likeness (QED) is 0.340. The largest absolute Gasteiger partial charge is 0.351 e. The third-order valence-electron chi connectivity index (χ3n) is 4.58. The number of nitrogens with one attached hydrogen (secondary N) is 1. The molecule has 25 heavy (non-hydrogen) atoms. The second-order valence-electron chi connectivity index (χ2n) is 5.99. The van der Waals surface area contributed by atoms with Crippen molar-refractivity contribution in [2.45, 2.75) is 0 Å². The van der Waals surface area contributed by atoms with Crippen LogP contribution >= 0.6 is 0 Å². The van der Waals surface area contributed by atoms with Gasteiger partial charge in [-0.3, -0.25) is 9.97 Å². The zero-order valence-corrected chi connectivity index (χ0v) is 12.9. The van der Waals surface area contributed by atoms with Crippen molar-refractivity contribution in [2.75, 3.05) is 0 Å². The first-order valence-electron chi connectivity index (χ1n) is 7.94. The molecule has 0 aliphatic rings. The molecule has 6 nitrogen and oxygen atoms in total. The van der Waals surface area contributed by atoms with E-state index in [0.29, 0.717) is 0 Å². The van der Waals surface area contributed by atoms with Crippen LogP contribution < -0.4 is 0 Å². The predicted molar refractivity (Wildman–Crippen MR) is 97.3 cm³/mol. The Morgan fingerprint density at radius 1 is 0.680 bits per heavy atom. The molecular weight excluding hydrogens is 312 g/mol. The van der Waals surface area contributed by atoms with Crippen molar-refractivity contribution < 1.29 is 0 Å². The molecule has 6 heteroatoms. The van der Waals surface area contributed by atoms with Crippen molar-refractivity contribution in [1.29, 1.82) is 0 Å². The van der Waals surface area contributed by atoms with Crippen molar-refractivity contribution >= 4 is 54.9 Å². The smallest absolute Gasteiger partial charge is 0.116 e. The van der Waals surface area contributed by atoms with Crippen LogP contribution in [0.4, 0.5) is 0 Å². The topological polar surface area (TPSA) is 80.2 Å². The summed E-state index contributed by atoms with van der Waals surface area (Å²) in [6, 6.07) is 11.9. The summed E-state index contributed by atoms with van der Waals surface area (Å²) < 4.78 is 0. The molecule has 0 saturated carbocycles. The van der Waals surface area contributed by atoms with Crippen LogP contribution in [0.1, 0.15) is 0 Å². The summed E-state index contributed by atoms with van der Waals surface area (Å²) in [4.78, 5) is 26.1. The van der Waals surface area contributed by atoms with E-state index in [-0.39, 0.29) is 0 Å². The van der Waals surface area contributed by atoms with E-state index in [0.717, 1.165) is 54.9 Å². The van der Waals surface area contributed by atoms with E-state index in [1.54, 1.807) is 18.7 Å². The number of aromatic amines is 1. The molecule has 0 spiro atoms. The minimum absolute atomic E-state index is 0.845. The standard InChI is InChI=1S/C19H10N6/c1-3-10-16(20-5-1)17-11(4-2-6-21-17)19-18(10)24-14-7-12-13(23-9-22-12)8-15(14)25-19/h1-9,24H. The summed E-state index contributed by atoms with van der Waals surface area (Å²) in [5.74, 6) is 0. The lowest BCUT2D eigenvalue weighted by Gasteiger charge is -2.09. The molecule has 0 aliphatic carbocycles. The van der Waals surface area contributed by atoms with Gasteiger partial charge in [0.25, 0.3) is 0 Å². The van der Waals surface area contributed by atoms with Gasteiger partial charge in [0.1, 0.15) is 6.33 Å². The number of nitrogens with zero attached hydrogens (tertiary/aromatic N) is 5. The van der Waals surface area contributed by atoms with Crippen LogP contribution in [0, 0.1) is 0 Å². The van der Waals surface area contributed by atoms with Gasteiger partial charge in [-0.2, -0.15) is 0 Å². The number of imidazole rings is 1. The van der Waals surface area contributed by atoms with Crippen LogP contribution in [0.2, 0.25) is 0 Å². The molecule has 0 radical (unpaired) electrons. The van der Waals surface area contributed by atoms with E-state index >= 15 is 0 Å². The molecule has 1 N–H and O–H groups in total. The highest BCUT2D eigenvalue weighted by atomic mass is 14.9. The Bertz CT molecular complexity index is 1340. The highest BCUT2D eigenvalue weighted by Crippen LogP contribution is 2.32. The Labute approximate surface area is 140 Å². The highest BCUT2D eigenvalue weighted by molar-refractivity contribution is 6.21. The molecule has 2 aromatic carbocycles. The first kappa shape index (κ1) is 12.7. The van der Waals surface area contributed by atoms with Crippen molar-refractivity contribution in [3.05, 3.63) is 55.1 Å². The summed E-state index contributed by atoms with van der Waals surface area (Å²) in [5.41, 5.74) is 7.05. The molecule has 116 valence electrons. The zero-order valence-electron chi connectivity index (χ0n) is 12.9. The molecule has 0 amide bonds. The van der Waals surface area contributed by atoms with E-state index in [1.807, 2.05) is 36.4 Å². The summed E-state index contributed by atoms with van der Waals surface area (Å²) in [6.45, 7) is 0. The van der Waals surface area contributed by atoms with Crippen molar-refractivity contribution in [3.63, 3.8) is 0 Å². The molecule has 6 aromatic rings. The van der Waals surface area contributed by atoms with E-state index in [9.17, 15) is 0 Å². The van der Waals surface area contributed by atoms with Gasteiger partial charge >= 0.3 is 0 Å². The SMILES string of the molecule is c1cnc2c(c1)c1nc3cc4ncnc4cc3[nH]c1c1cccnc12. The monoisotopic (exact) mass is 322 g/mol. The van der Waals surface area contributed by atoms with E-state index < -0.39 is 0 Å². The van der Waals surface area contributed by atoms with Gasteiger partial charge in [0.2, 0.25) is 0 Å². The minimum atomic E-state index is 0.845. The molecular formula is C19H10N6.